The van der Waals surface area contributed by atoms with Gasteiger partial charge < -0.3 is 14.5 Å². The van der Waals surface area contributed by atoms with Crippen LogP contribution < -0.4 is 0 Å². The van der Waals surface area contributed by atoms with Crippen molar-refractivity contribution >= 4 is 5.91 Å². The fourth-order valence-electron chi connectivity index (χ4n) is 3.06. The quantitative estimate of drug-likeness (QED) is 0.804. The fourth-order valence-corrected chi connectivity index (χ4v) is 3.06. The van der Waals surface area contributed by atoms with Gasteiger partial charge in [0.1, 0.15) is 11.8 Å². The Bertz CT molecular complexity index is 726. The highest BCUT2D eigenvalue weighted by Crippen LogP contribution is 2.27. The normalized spacial score (nSPS) is 16.7. The molecule has 0 aliphatic carbocycles. The van der Waals surface area contributed by atoms with Crippen molar-refractivity contribution in [1.29, 1.82) is 0 Å². The summed E-state index contributed by atoms with van der Waals surface area (Å²) in [5.41, 5.74) is 2.97. The average Bonchev–Trinajstić information content (AvgIpc) is 3.08. The van der Waals surface area contributed by atoms with E-state index in [1.807, 2.05) is 38.1 Å². The molecule has 0 N–H and O–H groups in total. The maximum absolute atomic E-state index is 12.7. The van der Waals surface area contributed by atoms with Crippen LogP contribution in [0.4, 0.5) is 0 Å². The van der Waals surface area contributed by atoms with Crippen molar-refractivity contribution < 1.29 is 9.53 Å². The van der Waals surface area contributed by atoms with E-state index in [0.29, 0.717) is 18.8 Å². The molecule has 0 saturated heterocycles. The average molecular weight is 342 g/mol. The van der Waals surface area contributed by atoms with Gasteiger partial charge in [-0.25, -0.2) is 0 Å². The van der Waals surface area contributed by atoms with Crippen molar-refractivity contribution in [2.24, 2.45) is 0 Å². The summed E-state index contributed by atoms with van der Waals surface area (Å²) in [5.74, 6) is -0.0738. The highest BCUT2D eigenvalue weighted by molar-refractivity contribution is 5.92. The molecule has 1 amide bonds. The van der Waals surface area contributed by atoms with Gasteiger partial charge in [0.15, 0.2) is 0 Å². The topological polar surface area (TPSA) is 50.6 Å². The fraction of sp³-hybridized carbons (Fsp3) is 0.474. The van der Waals surface area contributed by atoms with E-state index in [1.54, 1.807) is 11.0 Å². The molecule has 1 aromatic heterocycles. The van der Waals surface area contributed by atoms with Gasteiger partial charge in [0, 0.05) is 19.8 Å². The van der Waals surface area contributed by atoms with Crippen LogP contribution in [-0.2, 0) is 17.7 Å². The standard InChI is InChI=1S/C19H26N4O2/c1-21(2)11-12-23-10-8-17(20-23)19(24)22(3)14-18-16-7-5-4-6-15(16)9-13-25-18/h4-8,10,18H,9,11-14H2,1-3H3. The number of benzene rings is 1. The summed E-state index contributed by atoms with van der Waals surface area (Å²) in [7, 11) is 5.85. The van der Waals surface area contributed by atoms with Crippen LogP contribution in [0.2, 0.25) is 0 Å². The van der Waals surface area contributed by atoms with E-state index in [0.717, 1.165) is 19.5 Å². The van der Waals surface area contributed by atoms with E-state index in [2.05, 4.69) is 28.2 Å². The van der Waals surface area contributed by atoms with E-state index >= 15 is 0 Å². The van der Waals surface area contributed by atoms with Gasteiger partial charge in [0.2, 0.25) is 0 Å². The summed E-state index contributed by atoms with van der Waals surface area (Å²) >= 11 is 0. The van der Waals surface area contributed by atoms with Crippen molar-refractivity contribution in [3.63, 3.8) is 0 Å². The minimum absolute atomic E-state index is 0.0738. The molecule has 0 saturated carbocycles. The zero-order chi connectivity index (χ0) is 17.8. The Hall–Kier alpha value is -2.18. The molecular formula is C19H26N4O2. The molecule has 0 spiro atoms. The van der Waals surface area contributed by atoms with Gasteiger partial charge in [-0.15, -0.1) is 0 Å². The molecule has 1 aliphatic rings. The summed E-state index contributed by atoms with van der Waals surface area (Å²) in [6.45, 7) is 2.88. The first-order valence-electron chi connectivity index (χ1n) is 8.67. The number of rotatable bonds is 6. The molecule has 0 fully saturated rings. The SMILES string of the molecule is CN(C)CCn1ccc(C(=O)N(C)CC2OCCc3ccccc32)n1. The second-order valence-corrected chi connectivity index (χ2v) is 6.76. The minimum atomic E-state index is -0.0743. The lowest BCUT2D eigenvalue weighted by molar-refractivity contribution is 0.0198. The van der Waals surface area contributed by atoms with Gasteiger partial charge in [-0.05, 0) is 37.7 Å². The summed E-state index contributed by atoms with van der Waals surface area (Å²) in [6.07, 6.45) is 2.71. The van der Waals surface area contributed by atoms with Gasteiger partial charge in [0.25, 0.3) is 5.91 Å². The Morgan fingerprint density at radius 2 is 2.08 bits per heavy atom. The lowest BCUT2D eigenvalue weighted by Crippen LogP contribution is -2.34. The van der Waals surface area contributed by atoms with Gasteiger partial charge in [0.05, 0.1) is 19.7 Å². The molecule has 1 aliphatic heterocycles. The third-order valence-corrected chi connectivity index (χ3v) is 4.51. The molecule has 1 aromatic carbocycles. The number of ether oxygens (including phenoxy) is 1. The Balaban J connectivity index is 1.64. The number of likely N-dealkylation sites (N-methyl/N-ethyl adjacent to an activating group) is 2. The number of nitrogens with zero attached hydrogens (tertiary/aromatic N) is 4. The van der Waals surface area contributed by atoms with Crippen LogP contribution in [-0.4, -0.2) is 66.3 Å². The van der Waals surface area contributed by atoms with E-state index in [9.17, 15) is 4.79 Å². The molecule has 0 radical (unpaired) electrons. The predicted molar refractivity (Wildman–Crippen MR) is 96.6 cm³/mol. The van der Waals surface area contributed by atoms with Crippen LogP contribution in [0.25, 0.3) is 0 Å². The van der Waals surface area contributed by atoms with Gasteiger partial charge in [-0.1, -0.05) is 24.3 Å². The Labute approximate surface area is 149 Å². The first kappa shape index (κ1) is 17.6. The van der Waals surface area contributed by atoms with E-state index in [-0.39, 0.29) is 12.0 Å². The van der Waals surface area contributed by atoms with Crippen LogP contribution in [0.5, 0.6) is 0 Å². The zero-order valence-corrected chi connectivity index (χ0v) is 15.2. The van der Waals surface area contributed by atoms with E-state index in [4.69, 9.17) is 4.74 Å². The molecule has 1 unspecified atom stereocenters. The maximum atomic E-state index is 12.7. The van der Waals surface area contributed by atoms with Crippen LogP contribution >= 0.6 is 0 Å². The number of carbonyl (C=O) groups excluding carboxylic acids is 1. The monoisotopic (exact) mass is 342 g/mol. The number of aromatic nitrogens is 2. The molecule has 3 rings (SSSR count). The molecule has 2 heterocycles. The smallest absolute Gasteiger partial charge is 0.274 e. The molecule has 2 aromatic rings. The molecule has 1 atom stereocenters. The molecular weight excluding hydrogens is 316 g/mol. The number of carbonyl (C=O) groups is 1. The predicted octanol–water partition coefficient (Wildman–Crippen LogP) is 1.83. The molecule has 6 nitrogen and oxygen atoms in total. The van der Waals surface area contributed by atoms with Crippen LogP contribution in [0.15, 0.2) is 36.5 Å². The van der Waals surface area contributed by atoms with Crippen molar-refractivity contribution in [1.82, 2.24) is 19.6 Å². The lowest BCUT2D eigenvalue weighted by Gasteiger charge is -2.29. The molecule has 25 heavy (non-hydrogen) atoms. The molecule has 134 valence electrons. The second-order valence-electron chi connectivity index (χ2n) is 6.76. The minimum Gasteiger partial charge on any atom is -0.371 e. The van der Waals surface area contributed by atoms with Crippen LogP contribution in [0.3, 0.4) is 0 Å². The molecule has 0 bridgehead atoms. The third kappa shape index (κ3) is 4.27. The Kier molecular flexibility index (Phi) is 5.50. The summed E-state index contributed by atoms with van der Waals surface area (Å²) in [4.78, 5) is 16.5. The van der Waals surface area contributed by atoms with E-state index in [1.165, 1.54) is 11.1 Å². The highest BCUT2D eigenvalue weighted by atomic mass is 16.5. The summed E-state index contributed by atoms with van der Waals surface area (Å²) in [5, 5.41) is 4.40. The number of hydrogen-bond donors (Lipinski definition) is 0. The first-order valence-corrected chi connectivity index (χ1v) is 8.67. The van der Waals surface area contributed by atoms with Gasteiger partial charge in [-0.2, -0.15) is 5.10 Å². The first-order chi connectivity index (χ1) is 12.0. The zero-order valence-electron chi connectivity index (χ0n) is 15.2. The highest BCUT2D eigenvalue weighted by Gasteiger charge is 2.24. The van der Waals surface area contributed by atoms with Crippen LogP contribution in [0.1, 0.15) is 27.7 Å². The Morgan fingerprint density at radius 1 is 1.28 bits per heavy atom. The third-order valence-electron chi connectivity index (χ3n) is 4.51. The van der Waals surface area contributed by atoms with Crippen molar-refractivity contribution in [2.75, 3.05) is 40.8 Å². The number of fused-ring (bicyclic) bond motifs is 1. The molecule has 6 heteroatoms. The van der Waals surface area contributed by atoms with Crippen molar-refractivity contribution in [3.8, 4) is 0 Å². The maximum Gasteiger partial charge on any atom is 0.274 e. The summed E-state index contributed by atoms with van der Waals surface area (Å²) in [6, 6.07) is 10.1. The van der Waals surface area contributed by atoms with Gasteiger partial charge >= 0.3 is 0 Å². The van der Waals surface area contributed by atoms with Crippen molar-refractivity contribution in [2.45, 2.75) is 19.1 Å². The number of amides is 1. The van der Waals surface area contributed by atoms with Crippen LogP contribution in [0, 0.1) is 0 Å². The van der Waals surface area contributed by atoms with Crippen molar-refractivity contribution in [3.05, 3.63) is 53.3 Å². The van der Waals surface area contributed by atoms with E-state index < -0.39 is 0 Å². The second kappa shape index (κ2) is 7.80. The number of hydrogen-bond acceptors (Lipinski definition) is 4. The Morgan fingerprint density at radius 3 is 2.88 bits per heavy atom. The van der Waals surface area contributed by atoms with Gasteiger partial charge in [-0.3, -0.25) is 9.48 Å². The summed E-state index contributed by atoms with van der Waals surface area (Å²) < 4.78 is 7.72. The lowest BCUT2D eigenvalue weighted by atomic mass is 9.97. The largest absolute Gasteiger partial charge is 0.371 e.